The summed E-state index contributed by atoms with van der Waals surface area (Å²) in [6.07, 6.45) is 9.73. The van der Waals surface area contributed by atoms with Crippen molar-refractivity contribution in [3.63, 3.8) is 0 Å². The minimum absolute atomic E-state index is 0. The molecule has 2 N–H and O–H groups in total. The van der Waals surface area contributed by atoms with Crippen molar-refractivity contribution in [2.24, 2.45) is 0 Å². The predicted octanol–water partition coefficient (Wildman–Crippen LogP) is 11.6. The summed E-state index contributed by atoms with van der Waals surface area (Å²) in [5, 5.41) is 26.4. The molecule has 2 atom stereocenters. The van der Waals surface area contributed by atoms with Crippen LogP contribution in [0.5, 0.6) is 17.2 Å². The van der Waals surface area contributed by atoms with Gasteiger partial charge in [0.05, 0.1) is 5.33 Å². The molecule has 9 aromatic carbocycles. The normalized spacial score (nSPS) is 10.9. The fourth-order valence-electron chi connectivity index (χ4n) is 8.82. The van der Waals surface area contributed by atoms with Gasteiger partial charge in [-0.3, -0.25) is 9.59 Å². The fourth-order valence-corrected chi connectivity index (χ4v) is 8.82. The van der Waals surface area contributed by atoms with Crippen LogP contribution in [0.15, 0.2) is 237 Å². The molecule has 0 aliphatic heterocycles. The number of aromatic hydroxyl groups is 2. The van der Waals surface area contributed by atoms with Gasteiger partial charge in [0.1, 0.15) is 23.9 Å². The molecule has 0 bridgehead atoms. The van der Waals surface area contributed by atoms with E-state index in [0.29, 0.717) is 23.4 Å². The van der Waals surface area contributed by atoms with Crippen molar-refractivity contribution in [2.75, 3.05) is 11.9 Å². The van der Waals surface area contributed by atoms with E-state index in [4.69, 9.17) is 37.8 Å². The van der Waals surface area contributed by atoms with Crippen LogP contribution in [0.2, 0.25) is 0 Å². The molecule has 426 valence electrons. The van der Waals surface area contributed by atoms with Gasteiger partial charge < -0.3 is 26.5 Å². The van der Waals surface area contributed by atoms with E-state index in [1.807, 2.05) is 119 Å². The van der Waals surface area contributed by atoms with E-state index in [2.05, 4.69) is 175 Å². The molecule has 9 aromatic rings. The number of phenolic OH excluding ortho intramolecular Hbond substituents is 2. The number of ether oxygens (including phenoxy) is 1. The molecule has 0 fully saturated rings. The summed E-state index contributed by atoms with van der Waals surface area (Å²) in [4.78, 5) is 23.1. The molecule has 12 rings (SSSR count). The van der Waals surface area contributed by atoms with Gasteiger partial charge in [0.2, 0.25) is 0 Å². The van der Waals surface area contributed by atoms with Crippen LogP contribution in [0.4, 0.5) is 0 Å². The molecular weight excluding hydrogens is 1200 g/mol. The Labute approximate surface area is 600 Å². The molecule has 3 aliphatic rings. The molecule has 0 heterocycles. The molecule has 2 unspecified atom stereocenters. The number of para-hydroxylation sites is 3. The number of phenols is 2. The van der Waals surface area contributed by atoms with Crippen LogP contribution < -0.4 is 113 Å². The molecule has 3 aliphatic carbocycles. The van der Waals surface area contributed by atoms with Gasteiger partial charge >= 0.3 is 103 Å². The van der Waals surface area contributed by atoms with E-state index in [1.54, 1.807) is 48.5 Å². The smallest absolute Gasteiger partial charge is 1.00 e. The molecule has 0 spiro atoms. The number of terminal acetylenes is 2. The Morgan fingerprint density at radius 3 is 0.917 bits per heavy atom. The topological polar surface area (TPSA) is 116 Å². The molecule has 0 radical (unpaired) electrons. The van der Waals surface area contributed by atoms with E-state index < -0.39 is 0 Å². The second-order valence-electron chi connectivity index (χ2n) is 17.9. The summed E-state index contributed by atoms with van der Waals surface area (Å²) in [5.41, 5.74) is 15.5. The van der Waals surface area contributed by atoms with Crippen LogP contribution in [0.1, 0.15) is 95.0 Å². The van der Waals surface area contributed by atoms with Gasteiger partial charge in [0.15, 0.2) is 5.78 Å². The Balaban J connectivity index is 0. The number of rotatable bonds is 3. The van der Waals surface area contributed by atoms with Crippen molar-refractivity contribution in [1.82, 2.24) is 0 Å². The molecule has 0 amide bonds. The van der Waals surface area contributed by atoms with Crippen LogP contribution >= 0.6 is 33.8 Å². The standard InChI is InChI=1S/2C15H14.C13H8O.C9H8O.2C6H6O.C3H3Br.2C2H6.CH2O3.2K.H4P2.H/c2*1-15(2)13-9-5-3-7-11(13)12-8-4-6-10-14(12)15;14-13-11-7-3-1-5-9(11)10-6-2-4-8-12(10)13;1-2-8-10-9-6-4-3-5-7-9;2*7-6-4-2-1-3-5-6;1-2-3-4;2*1-2;2-1-4-3;;;1-2;/h2*3-10H,1-2H3;1-8H;1,3-7H,8H2;2*1-5,7H;1H,3H2;2*1-2H3;1,3H;;;1-2H2;/q;;;;;;;;;;2*+1;;-1/p-1. The van der Waals surface area contributed by atoms with Gasteiger partial charge in [-0.2, -0.15) is 0 Å². The van der Waals surface area contributed by atoms with Crippen LogP contribution in [-0.2, 0) is 20.5 Å². The maximum atomic E-state index is 11.9. The zero-order valence-corrected chi connectivity index (χ0v) is 60.3. The number of benzene rings is 9. The quantitative estimate of drug-likeness (QED) is 0.0344. The maximum Gasteiger partial charge on any atom is 1.00 e. The van der Waals surface area contributed by atoms with Crippen LogP contribution in [-0.4, -0.2) is 34.4 Å². The number of halogens is 1. The second-order valence-corrected chi connectivity index (χ2v) is 18.4. The Kier molecular flexibility index (Phi) is 42.9. The van der Waals surface area contributed by atoms with Crippen LogP contribution in [0.25, 0.3) is 33.4 Å². The predicted molar refractivity (Wildman–Crippen MR) is 353 cm³/mol. The van der Waals surface area contributed by atoms with Crippen LogP contribution in [0.3, 0.4) is 0 Å². The van der Waals surface area contributed by atoms with E-state index in [9.17, 15) is 4.79 Å². The van der Waals surface area contributed by atoms with Crippen molar-refractivity contribution >= 4 is 46.0 Å². The molecule has 0 saturated carbocycles. The van der Waals surface area contributed by atoms with Gasteiger partial charge in [0.25, 0.3) is 6.47 Å². The fraction of sp³-hybridized carbons (Fsp3) is 0.167. The number of fused-ring (bicyclic) bond motifs is 9. The van der Waals surface area contributed by atoms with Crippen LogP contribution in [0, 0.1) is 24.7 Å². The number of carbonyl (C=O) groups excluding carboxylic acids is 2. The molecule has 0 saturated heterocycles. The third-order valence-corrected chi connectivity index (χ3v) is 12.6. The monoisotopic (exact) mass is 1270 g/mol. The van der Waals surface area contributed by atoms with Gasteiger partial charge in [-0.05, 0) is 92.0 Å². The van der Waals surface area contributed by atoms with Crippen molar-refractivity contribution in [3.05, 3.63) is 270 Å². The van der Waals surface area contributed by atoms with E-state index in [-0.39, 0.29) is 127 Å². The minimum Gasteiger partial charge on any atom is -1.00 e. The third kappa shape index (κ3) is 24.5. The van der Waals surface area contributed by atoms with E-state index in [0.717, 1.165) is 28.0 Å². The first-order chi connectivity index (χ1) is 39.8. The Bertz CT molecular complexity index is 3080. The summed E-state index contributed by atoms with van der Waals surface area (Å²) >= 11 is 3.01. The van der Waals surface area contributed by atoms with Crippen molar-refractivity contribution < 1.29 is 139 Å². The Morgan fingerprint density at radius 1 is 0.464 bits per heavy atom. The SMILES string of the molecule is C#CCBr.C#CCOc1ccccc1.CC.CC.CC1(C)c2ccccc2-c2ccccc21.CC1(C)c2ccccc2-c2ccccc21.O=C1c2ccccc2-c2ccccc21.O=CO[O-].Oc1ccccc1.Oc1ccccc1.PP.[H-].[K+].[K+]. The van der Waals surface area contributed by atoms with Gasteiger partial charge in [0, 0.05) is 22.0 Å². The first-order valence-electron chi connectivity index (χ1n) is 26.6. The number of ketones is 1. The molecule has 84 heavy (non-hydrogen) atoms. The van der Waals surface area contributed by atoms with Crippen molar-refractivity contribution in [1.29, 1.82) is 0 Å². The molecule has 0 aromatic heterocycles. The number of alkyl halides is 1. The Hall–Kier alpha value is -4.79. The van der Waals surface area contributed by atoms with Crippen molar-refractivity contribution in [3.8, 4) is 75.3 Å². The first-order valence-corrected chi connectivity index (χ1v) is 30.4. The molecular formula is C72H77BrK2O7P2. The van der Waals surface area contributed by atoms with Gasteiger partial charge in [-0.25, -0.2) is 0 Å². The summed E-state index contributed by atoms with van der Waals surface area (Å²) in [6, 6.07) is 77.3. The van der Waals surface area contributed by atoms with Crippen molar-refractivity contribution in [2.45, 2.75) is 66.2 Å². The summed E-state index contributed by atoms with van der Waals surface area (Å²) in [6.45, 7) is 17.4. The number of carbonyl (C=O) groups is 2. The second kappa shape index (κ2) is 45.5. The van der Waals surface area contributed by atoms with E-state index >= 15 is 0 Å². The first kappa shape index (κ1) is 79.2. The zero-order chi connectivity index (χ0) is 60.8. The Morgan fingerprint density at radius 2 is 0.690 bits per heavy atom. The van der Waals surface area contributed by atoms with Gasteiger partial charge in [-0.15, -0.1) is 30.7 Å². The summed E-state index contributed by atoms with van der Waals surface area (Å²) < 4.78 is 5.12. The average Bonchev–Trinajstić information content (AvgIpc) is 1.79. The summed E-state index contributed by atoms with van der Waals surface area (Å²) in [5.74, 6) is 6.35. The molecule has 7 nitrogen and oxygen atoms in total. The largest absolute Gasteiger partial charge is 1.00 e. The zero-order valence-electron chi connectivity index (χ0n) is 51.1. The number of hydrogen-bond acceptors (Lipinski definition) is 7. The third-order valence-electron chi connectivity index (χ3n) is 12.3. The minimum atomic E-state index is -0.181. The van der Waals surface area contributed by atoms with E-state index in [1.165, 1.54) is 44.5 Å². The molecule has 12 heteroatoms. The average molecular weight is 1270 g/mol. The summed E-state index contributed by atoms with van der Waals surface area (Å²) in [7, 11) is 4.67. The van der Waals surface area contributed by atoms with Gasteiger partial charge in [-0.1, -0.05) is 283 Å². The maximum absolute atomic E-state index is 11.9. The number of hydrogen-bond donors (Lipinski definition) is 2.